The van der Waals surface area contributed by atoms with Gasteiger partial charge in [0.15, 0.2) is 0 Å². The van der Waals surface area contributed by atoms with Crippen molar-refractivity contribution in [1.29, 1.82) is 0 Å². The molecule has 0 bridgehead atoms. The maximum Gasteiger partial charge on any atom is 0.253 e. The van der Waals surface area contributed by atoms with Crippen molar-refractivity contribution in [3.63, 3.8) is 0 Å². The zero-order valence-electron chi connectivity index (χ0n) is 6.25. The van der Waals surface area contributed by atoms with Crippen molar-refractivity contribution in [2.75, 3.05) is 6.73 Å². The Morgan fingerprint density at radius 1 is 1.58 bits per heavy atom. The molecule has 0 aromatic heterocycles. The molecular weight excluding hydrogens is 178 g/mol. The largest absolute Gasteiger partial charge is 0.376 e. The monoisotopic (exact) mass is 185 g/mol. The Hall–Kier alpha value is -1.06. The van der Waals surface area contributed by atoms with Crippen LogP contribution in [0, 0.1) is 0 Å². The van der Waals surface area contributed by atoms with Gasteiger partial charge < -0.3 is 10.4 Å². The zero-order valence-corrected chi connectivity index (χ0v) is 7.01. The number of carbonyl (C=O) groups is 1. The molecule has 0 spiro atoms. The third kappa shape index (κ3) is 2.22. The van der Waals surface area contributed by atoms with Gasteiger partial charge in [-0.15, -0.1) is 0 Å². The normalized spacial score (nSPS) is 9.50. The number of nitrogens with one attached hydrogen (secondary N) is 1. The Bertz CT molecular complexity index is 288. The van der Waals surface area contributed by atoms with E-state index >= 15 is 0 Å². The van der Waals surface area contributed by atoms with E-state index in [1.165, 1.54) is 6.07 Å². The molecule has 1 aromatic carbocycles. The van der Waals surface area contributed by atoms with E-state index in [2.05, 4.69) is 5.32 Å². The van der Waals surface area contributed by atoms with Crippen molar-refractivity contribution in [3.05, 3.63) is 34.9 Å². The summed E-state index contributed by atoms with van der Waals surface area (Å²) in [7, 11) is 0. The molecule has 0 saturated carbocycles. The second-order valence-corrected chi connectivity index (χ2v) is 2.61. The van der Waals surface area contributed by atoms with Gasteiger partial charge in [0, 0.05) is 10.6 Å². The molecule has 64 valence electrons. The Morgan fingerprint density at radius 3 is 2.92 bits per heavy atom. The Labute approximate surface area is 75.0 Å². The molecule has 0 radical (unpaired) electrons. The average Bonchev–Trinajstić information content (AvgIpc) is 2.05. The second-order valence-electron chi connectivity index (χ2n) is 2.17. The van der Waals surface area contributed by atoms with Crippen molar-refractivity contribution in [2.45, 2.75) is 0 Å². The summed E-state index contributed by atoms with van der Waals surface area (Å²) in [5.41, 5.74) is 0.441. The van der Waals surface area contributed by atoms with Crippen LogP contribution >= 0.6 is 11.6 Å². The van der Waals surface area contributed by atoms with E-state index in [0.29, 0.717) is 10.6 Å². The number of rotatable bonds is 2. The molecular formula is C8H8ClNO2. The van der Waals surface area contributed by atoms with E-state index in [0.717, 1.165) is 0 Å². The number of halogens is 1. The molecule has 0 aliphatic carbocycles. The lowest BCUT2D eigenvalue weighted by Gasteiger charge is -2.00. The first-order valence-corrected chi connectivity index (χ1v) is 3.76. The fraction of sp³-hybridized carbons (Fsp3) is 0.125. The molecule has 1 rings (SSSR count). The highest BCUT2D eigenvalue weighted by Gasteiger charge is 2.02. The number of carbonyl (C=O) groups excluding carboxylic acids is 1. The van der Waals surface area contributed by atoms with Gasteiger partial charge in [0.1, 0.15) is 6.73 Å². The summed E-state index contributed by atoms with van der Waals surface area (Å²) in [5.74, 6) is -0.333. The lowest BCUT2D eigenvalue weighted by atomic mass is 10.2. The van der Waals surface area contributed by atoms with Gasteiger partial charge in [-0.05, 0) is 18.2 Å². The van der Waals surface area contributed by atoms with E-state index in [-0.39, 0.29) is 12.6 Å². The first-order chi connectivity index (χ1) is 5.74. The van der Waals surface area contributed by atoms with Crippen LogP contribution in [0.1, 0.15) is 10.4 Å². The third-order valence-electron chi connectivity index (χ3n) is 1.33. The van der Waals surface area contributed by atoms with Crippen molar-refractivity contribution in [2.24, 2.45) is 0 Å². The first kappa shape index (κ1) is 9.03. The molecule has 0 unspecified atom stereocenters. The molecule has 0 aliphatic rings. The van der Waals surface area contributed by atoms with Gasteiger partial charge in [0.05, 0.1) is 0 Å². The highest BCUT2D eigenvalue weighted by Crippen LogP contribution is 2.09. The third-order valence-corrected chi connectivity index (χ3v) is 1.56. The van der Waals surface area contributed by atoms with Crippen molar-refractivity contribution < 1.29 is 9.90 Å². The van der Waals surface area contributed by atoms with Crippen LogP contribution in [0.5, 0.6) is 0 Å². The number of amides is 1. The molecule has 0 aliphatic heterocycles. The summed E-state index contributed by atoms with van der Waals surface area (Å²) in [6, 6.07) is 6.51. The lowest BCUT2D eigenvalue weighted by Crippen LogP contribution is -2.23. The van der Waals surface area contributed by atoms with Crippen LogP contribution in [0.3, 0.4) is 0 Å². The summed E-state index contributed by atoms with van der Waals surface area (Å²) < 4.78 is 0. The molecule has 4 heteroatoms. The number of aliphatic hydroxyl groups is 1. The summed E-state index contributed by atoms with van der Waals surface area (Å²) in [5, 5.41) is 11.1. The van der Waals surface area contributed by atoms with Gasteiger partial charge in [0.2, 0.25) is 0 Å². The van der Waals surface area contributed by atoms with Gasteiger partial charge in [0.25, 0.3) is 5.91 Å². The van der Waals surface area contributed by atoms with E-state index in [1.807, 2.05) is 0 Å². The smallest absolute Gasteiger partial charge is 0.253 e. The summed E-state index contributed by atoms with van der Waals surface area (Å²) in [4.78, 5) is 11.1. The number of aliphatic hydroxyl groups excluding tert-OH is 1. The first-order valence-electron chi connectivity index (χ1n) is 3.38. The zero-order chi connectivity index (χ0) is 8.97. The highest BCUT2D eigenvalue weighted by atomic mass is 35.5. The van der Waals surface area contributed by atoms with E-state index in [9.17, 15) is 4.79 Å². The predicted molar refractivity (Wildman–Crippen MR) is 46.0 cm³/mol. The molecule has 1 amide bonds. The van der Waals surface area contributed by atoms with Crippen LogP contribution in [0.25, 0.3) is 0 Å². The molecule has 0 saturated heterocycles. The Balaban J connectivity index is 2.81. The van der Waals surface area contributed by atoms with Crippen molar-refractivity contribution in [3.8, 4) is 0 Å². The fourth-order valence-corrected chi connectivity index (χ4v) is 0.994. The summed E-state index contributed by atoms with van der Waals surface area (Å²) in [6.45, 7) is -0.370. The quantitative estimate of drug-likeness (QED) is 0.676. The number of benzene rings is 1. The van der Waals surface area contributed by atoms with E-state index in [1.54, 1.807) is 18.2 Å². The molecule has 0 fully saturated rings. The Kier molecular flexibility index (Phi) is 3.08. The minimum absolute atomic E-state index is 0.333. The molecule has 0 atom stereocenters. The van der Waals surface area contributed by atoms with Crippen LogP contribution in [0.4, 0.5) is 0 Å². The van der Waals surface area contributed by atoms with Gasteiger partial charge in [-0.3, -0.25) is 4.79 Å². The van der Waals surface area contributed by atoms with Crippen molar-refractivity contribution in [1.82, 2.24) is 5.32 Å². The van der Waals surface area contributed by atoms with Gasteiger partial charge >= 0.3 is 0 Å². The predicted octanol–water partition coefficient (Wildman–Crippen LogP) is 1.02. The summed E-state index contributed by atoms with van der Waals surface area (Å²) >= 11 is 5.65. The van der Waals surface area contributed by atoms with Crippen LogP contribution in [0.15, 0.2) is 24.3 Å². The van der Waals surface area contributed by atoms with Crippen LogP contribution in [-0.2, 0) is 0 Å². The molecule has 12 heavy (non-hydrogen) atoms. The van der Waals surface area contributed by atoms with Crippen molar-refractivity contribution >= 4 is 17.5 Å². The minimum Gasteiger partial charge on any atom is -0.376 e. The molecule has 0 heterocycles. The van der Waals surface area contributed by atoms with Gasteiger partial charge in [-0.2, -0.15) is 0 Å². The minimum atomic E-state index is -0.370. The SMILES string of the molecule is O=C(NCO)c1cccc(Cl)c1. The molecule has 1 aromatic rings. The summed E-state index contributed by atoms with van der Waals surface area (Å²) in [6.07, 6.45) is 0. The standard InChI is InChI=1S/C8H8ClNO2/c9-7-3-1-2-6(4-7)8(12)10-5-11/h1-4,11H,5H2,(H,10,12). The maximum atomic E-state index is 11.1. The second kappa shape index (κ2) is 4.09. The highest BCUT2D eigenvalue weighted by molar-refractivity contribution is 6.30. The van der Waals surface area contributed by atoms with E-state index < -0.39 is 0 Å². The van der Waals surface area contributed by atoms with Crippen LogP contribution in [-0.4, -0.2) is 17.7 Å². The van der Waals surface area contributed by atoms with Crippen LogP contribution < -0.4 is 5.32 Å². The number of hydrogen-bond donors (Lipinski definition) is 2. The molecule has 2 N–H and O–H groups in total. The van der Waals surface area contributed by atoms with Gasteiger partial charge in [-0.1, -0.05) is 17.7 Å². The average molecular weight is 186 g/mol. The maximum absolute atomic E-state index is 11.1. The lowest BCUT2D eigenvalue weighted by molar-refractivity contribution is 0.0910. The fourth-order valence-electron chi connectivity index (χ4n) is 0.804. The van der Waals surface area contributed by atoms with E-state index in [4.69, 9.17) is 16.7 Å². The number of hydrogen-bond acceptors (Lipinski definition) is 2. The van der Waals surface area contributed by atoms with Crippen LogP contribution in [0.2, 0.25) is 5.02 Å². The van der Waals surface area contributed by atoms with Gasteiger partial charge in [-0.25, -0.2) is 0 Å². The molecule has 3 nitrogen and oxygen atoms in total. The Morgan fingerprint density at radius 2 is 2.33 bits per heavy atom. The topological polar surface area (TPSA) is 49.3 Å².